The molecular formula is C27H43N5O9. The molecule has 41 heavy (non-hydrogen) atoms. The van der Waals surface area contributed by atoms with Crippen LogP contribution >= 0.6 is 0 Å². The van der Waals surface area contributed by atoms with Crippen molar-refractivity contribution in [3.05, 3.63) is 0 Å². The largest absolute Gasteiger partial charge is 0.389 e. The fraction of sp³-hybridized carbons (Fsp3) is 0.852. The lowest BCUT2D eigenvalue weighted by molar-refractivity contribution is -0.224. The summed E-state index contributed by atoms with van der Waals surface area (Å²) in [4.78, 5) is 53.7. The maximum Gasteiger partial charge on any atom is 0.246 e. The predicted molar refractivity (Wildman–Crippen MR) is 142 cm³/mol. The maximum atomic E-state index is 12.9. The smallest absolute Gasteiger partial charge is 0.246 e. The van der Waals surface area contributed by atoms with Crippen LogP contribution in [-0.2, 0) is 33.4 Å². The highest BCUT2D eigenvalue weighted by molar-refractivity contribution is 6.05. The number of carbonyl (C=O) groups is 4. The van der Waals surface area contributed by atoms with Crippen molar-refractivity contribution in [1.29, 1.82) is 0 Å². The Hall–Kier alpha value is -2.04. The second-order valence-corrected chi connectivity index (χ2v) is 11.7. The van der Waals surface area contributed by atoms with Gasteiger partial charge in [-0.05, 0) is 12.8 Å². The summed E-state index contributed by atoms with van der Waals surface area (Å²) in [6.45, 7) is 6.32. The van der Waals surface area contributed by atoms with Crippen molar-refractivity contribution in [3.8, 4) is 0 Å². The molecule has 7 atom stereocenters. The Morgan fingerprint density at radius 1 is 0.951 bits per heavy atom. The number of fused-ring (bicyclic) bond motifs is 2. The fourth-order valence-electron chi connectivity index (χ4n) is 6.74. The highest BCUT2D eigenvalue weighted by Gasteiger charge is 2.59. The van der Waals surface area contributed by atoms with Gasteiger partial charge in [0.05, 0.1) is 64.1 Å². The molecule has 4 N–H and O–H groups in total. The van der Waals surface area contributed by atoms with E-state index in [9.17, 15) is 29.4 Å². The number of hydrogen-bond donors (Lipinski definition) is 4. The number of amides is 4. The van der Waals surface area contributed by atoms with Gasteiger partial charge in [-0.25, -0.2) is 0 Å². The van der Waals surface area contributed by atoms with E-state index in [2.05, 4.69) is 15.5 Å². The minimum absolute atomic E-state index is 0.00998. The third kappa shape index (κ3) is 6.34. The lowest BCUT2D eigenvalue weighted by Crippen LogP contribution is -2.68. The number of likely N-dealkylation sites (tertiary alicyclic amines) is 2. The highest BCUT2D eigenvalue weighted by Crippen LogP contribution is 2.43. The van der Waals surface area contributed by atoms with E-state index in [4.69, 9.17) is 14.2 Å². The molecule has 230 valence electrons. The van der Waals surface area contributed by atoms with Crippen LogP contribution < -0.4 is 10.6 Å². The van der Waals surface area contributed by atoms with Crippen molar-refractivity contribution >= 4 is 23.6 Å². The first-order valence-electron chi connectivity index (χ1n) is 14.8. The van der Waals surface area contributed by atoms with Crippen molar-refractivity contribution < 1.29 is 43.6 Å². The minimum atomic E-state index is -1.10. The molecule has 2 bridgehead atoms. The second kappa shape index (κ2) is 13.1. The number of nitrogens with zero attached hydrogens (tertiary/aromatic N) is 3. The maximum absolute atomic E-state index is 12.9. The Labute approximate surface area is 239 Å². The lowest BCUT2D eigenvalue weighted by atomic mass is 9.86. The second-order valence-electron chi connectivity index (χ2n) is 11.7. The van der Waals surface area contributed by atoms with Crippen LogP contribution in [-0.4, -0.2) is 157 Å². The molecule has 0 saturated carbocycles. The number of imide groups is 2. The minimum Gasteiger partial charge on any atom is -0.389 e. The molecule has 5 rings (SSSR count). The molecule has 5 heterocycles. The third-order valence-electron chi connectivity index (χ3n) is 9.06. The molecule has 0 radical (unpaired) electrons. The van der Waals surface area contributed by atoms with Crippen molar-refractivity contribution in [1.82, 2.24) is 25.3 Å². The number of carbonyl (C=O) groups excluding carboxylic acids is 4. The first-order valence-corrected chi connectivity index (χ1v) is 14.8. The molecule has 0 aromatic rings. The summed E-state index contributed by atoms with van der Waals surface area (Å²) in [6, 6.07) is -0.988. The first kappa shape index (κ1) is 30.4. The first-order chi connectivity index (χ1) is 19.7. The quantitative estimate of drug-likeness (QED) is 0.129. The van der Waals surface area contributed by atoms with Crippen molar-refractivity contribution in [2.75, 3.05) is 72.2 Å². The van der Waals surface area contributed by atoms with E-state index in [-0.39, 0.29) is 101 Å². The molecule has 5 aliphatic heterocycles. The van der Waals surface area contributed by atoms with Gasteiger partial charge in [0, 0.05) is 45.1 Å². The summed E-state index contributed by atoms with van der Waals surface area (Å²) in [5.74, 6) is -1.27. The molecule has 3 unspecified atom stereocenters. The van der Waals surface area contributed by atoms with Gasteiger partial charge in [-0.3, -0.25) is 33.9 Å². The molecule has 0 aliphatic carbocycles. The summed E-state index contributed by atoms with van der Waals surface area (Å²) in [5.41, 5.74) is -0.998. The number of rotatable bonds is 13. The van der Waals surface area contributed by atoms with Gasteiger partial charge in [-0.15, -0.1) is 0 Å². The van der Waals surface area contributed by atoms with Crippen LogP contribution in [0.4, 0.5) is 0 Å². The average molecular weight is 582 g/mol. The normalized spacial score (nSPS) is 36.3. The molecular weight excluding hydrogens is 538 g/mol. The number of nitrogens with one attached hydrogen (secondary N) is 2. The Kier molecular flexibility index (Phi) is 9.71. The zero-order valence-corrected chi connectivity index (χ0v) is 23.7. The topological polar surface area (TPSA) is 170 Å². The van der Waals surface area contributed by atoms with E-state index in [1.54, 1.807) is 6.92 Å². The molecule has 14 heteroatoms. The van der Waals surface area contributed by atoms with Gasteiger partial charge < -0.3 is 35.1 Å². The summed E-state index contributed by atoms with van der Waals surface area (Å²) >= 11 is 0. The Balaban J connectivity index is 1.00. The standard InChI is InChI=1S/C27H43N5O9/c1-17-14-20(33)31(25(17)37)8-10-39-12-13-40-11-9-32-21(34)15-18(26(32)38)29-16-27-3-2-19(41-27)22(23(35)24(27)36)30-6-4-28-5-7-30/h17-19,22-24,28-29,35-36H,2-16H2,1H3/t17?,18?,19?,22-,23+,24+,27+/m0/s1. The lowest BCUT2D eigenvalue weighted by Gasteiger charge is -2.49. The summed E-state index contributed by atoms with van der Waals surface area (Å²) in [7, 11) is 0. The summed E-state index contributed by atoms with van der Waals surface area (Å²) in [6.07, 6.45) is -0.733. The van der Waals surface area contributed by atoms with Crippen LogP contribution in [0.2, 0.25) is 0 Å². The monoisotopic (exact) mass is 581 g/mol. The number of piperazine rings is 1. The van der Waals surface area contributed by atoms with E-state index in [1.165, 1.54) is 9.80 Å². The molecule has 5 saturated heterocycles. The zero-order chi connectivity index (χ0) is 29.1. The van der Waals surface area contributed by atoms with Gasteiger partial charge >= 0.3 is 0 Å². The van der Waals surface area contributed by atoms with Crippen LogP contribution in [0.3, 0.4) is 0 Å². The van der Waals surface area contributed by atoms with Crippen molar-refractivity contribution in [2.24, 2.45) is 5.92 Å². The Morgan fingerprint density at radius 2 is 1.59 bits per heavy atom. The number of aliphatic hydroxyl groups excluding tert-OH is 2. The molecule has 14 nitrogen and oxygen atoms in total. The fourth-order valence-corrected chi connectivity index (χ4v) is 6.74. The van der Waals surface area contributed by atoms with E-state index in [0.717, 1.165) is 26.2 Å². The van der Waals surface area contributed by atoms with E-state index in [1.807, 2.05) is 0 Å². The van der Waals surface area contributed by atoms with Gasteiger partial charge in [0.2, 0.25) is 23.6 Å². The predicted octanol–water partition coefficient (Wildman–Crippen LogP) is -2.94. The Morgan fingerprint density at radius 3 is 2.22 bits per heavy atom. The molecule has 5 aliphatic rings. The van der Waals surface area contributed by atoms with Crippen molar-refractivity contribution in [3.63, 3.8) is 0 Å². The van der Waals surface area contributed by atoms with E-state index >= 15 is 0 Å². The molecule has 4 amide bonds. The van der Waals surface area contributed by atoms with Gasteiger partial charge in [-0.2, -0.15) is 0 Å². The van der Waals surface area contributed by atoms with Crippen molar-refractivity contribution in [2.45, 2.75) is 68.6 Å². The Bertz CT molecular complexity index is 994. The van der Waals surface area contributed by atoms with E-state index in [0.29, 0.717) is 12.8 Å². The van der Waals surface area contributed by atoms with Crippen LogP contribution in [0.15, 0.2) is 0 Å². The van der Waals surface area contributed by atoms with Gasteiger partial charge in [0.15, 0.2) is 0 Å². The average Bonchev–Trinajstić information content (AvgIpc) is 3.56. The van der Waals surface area contributed by atoms with Crippen LogP contribution in [0.1, 0.15) is 32.6 Å². The third-order valence-corrected chi connectivity index (χ3v) is 9.06. The molecule has 0 spiro atoms. The van der Waals surface area contributed by atoms with Crippen LogP contribution in [0.25, 0.3) is 0 Å². The SMILES string of the molecule is CC1CC(=O)N(CCOCCOCCN2C(=O)CC(NC[C@@]34CCC(O3)[C@H](N3CCNCC3)[C@@H](O)[C@H]4O)C2=O)C1=O. The van der Waals surface area contributed by atoms with Gasteiger partial charge in [0.25, 0.3) is 0 Å². The number of hydrogen-bond acceptors (Lipinski definition) is 12. The molecule has 0 aromatic heterocycles. The summed E-state index contributed by atoms with van der Waals surface area (Å²) < 4.78 is 17.3. The highest BCUT2D eigenvalue weighted by atomic mass is 16.5. The number of ether oxygens (including phenoxy) is 3. The summed E-state index contributed by atoms with van der Waals surface area (Å²) in [5, 5.41) is 28.6. The molecule has 5 fully saturated rings. The van der Waals surface area contributed by atoms with Gasteiger partial charge in [-0.1, -0.05) is 6.92 Å². The van der Waals surface area contributed by atoms with E-state index < -0.39 is 23.9 Å². The zero-order valence-electron chi connectivity index (χ0n) is 23.7. The molecule has 0 aromatic carbocycles. The van der Waals surface area contributed by atoms with Crippen LogP contribution in [0.5, 0.6) is 0 Å². The number of aliphatic hydroxyl groups is 2. The van der Waals surface area contributed by atoms with Gasteiger partial charge in [0.1, 0.15) is 17.8 Å². The van der Waals surface area contributed by atoms with Crippen LogP contribution in [0, 0.1) is 5.92 Å².